The van der Waals surface area contributed by atoms with E-state index >= 15 is 0 Å². The van der Waals surface area contributed by atoms with Gasteiger partial charge in [0.2, 0.25) is 0 Å². The molecule has 0 unspecified atom stereocenters. The Labute approximate surface area is 126 Å². The molecule has 0 aliphatic rings. The van der Waals surface area contributed by atoms with Gasteiger partial charge in [-0.25, -0.2) is 9.37 Å². The fourth-order valence-corrected chi connectivity index (χ4v) is 2.79. The van der Waals surface area contributed by atoms with Gasteiger partial charge in [-0.2, -0.15) is 0 Å². The molecule has 4 nitrogen and oxygen atoms in total. The van der Waals surface area contributed by atoms with Gasteiger partial charge in [0.05, 0.1) is 15.7 Å². The summed E-state index contributed by atoms with van der Waals surface area (Å²) in [6.07, 6.45) is -0.522. The Bertz CT molecular complexity index is 510. The van der Waals surface area contributed by atoms with Crippen LogP contribution in [0.25, 0.3) is 0 Å². The normalized spacial score (nSPS) is 10.3. The monoisotopic (exact) mass is 405 g/mol. The maximum atomic E-state index is 13.5. The maximum absolute atomic E-state index is 13.5. The molecule has 0 N–H and O–H groups in total. The number of esters is 1. The number of pyridine rings is 1. The largest absolute Gasteiger partial charge is 0.466 e. The molecule has 0 spiro atoms. The molecule has 1 rings (SSSR count). The molecule has 0 bridgehead atoms. The number of aromatic nitrogens is 1. The lowest BCUT2D eigenvalue weighted by Gasteiger charge is -2.07. The third-order valence-electron chi connectivity index (χ3n) is 1.88. The summed E-state index contributed by atoms with van der Waals surface area (Å²) >= 11 is 12.8. The van der Waals surface area contributed by atoms with Gasteiger partial charge in [-0.05, 0) is 29.5 Å². The van der Waals surface area contributed by atoms with Crippen LogP contribution in [0, 0.1) is 9.39 Å². The minimum Gasteiger partial charge on any atom is -0.466 e. The van der Waals surface area contributed by atoms with Crippen LogP contribution in [0.1, 0.15) is 23.7 Å². The number of carbonyl (C=O) groups excluding carboxylic acids is 2. The number of rotatable bonds is 4. The van der Waals surface area contributed by atoms with Crippen molar-refractivity contribution in [2.75, 3.05) is 6.61 Å². The number of hydrogen-bond donors (Lipinski definition) is 0. The summed E-state index contributed by atoms with van der Waals surface area (Å²) in [5, 5.41) is -0.655. The molecule has 0 aliphatic carbocycles. The van der Waals surface area contributed by atoms with Crippen molar-refractivity contribution in [1.82, 2.24) is 4.98 Å². The van der Waals surface area contributed by atoms with Gasteiger partial charge >= 0.3 is 5.97 Å². The number of ether oxygens (including phenoxy) is 1. The van der Waals surface area contributed by atoms with Crippen LogP contribution in [-0.4, -0.2) is 23.3 Å². The van der Waals surface area contributed by atoms with Crippen molar-refractivity contribution >= 4 is 57.5 Å². The fraction of sp³-hybridized carbons (Fsp3) is 0.300. The molecular formula is C10H7Cl2FINO3. The first-order valence-corrected chi connectivity index (χ1v) is 6.60. The van der Waals surface area contributed by atoms with Crippen molar-refractivity contribution in [3.63, 3.8) is 0 Å². The average Bonchev–Trinajstić information content (AvgIpc) is 2.26. The summed E-state index contributed by atoms with van der Waals surface area (Å²) in [6.45, 7) is 1.77. The molecule has 0 saturated carbocycles. The summed E-state index contributed by atoms with van der Waals surface area (Å²) in [6, 6.07) is 0. The van der Waals surface area contributed by atoms with Crippen molar-refractivity contribution in [3.8, 4) is 0 Å². The van der Waals surface area contributed by atoms with Crippen LogP contribution in [0.15, 0.2) is 0 Å². The first-order chi connectivity index (χ1) is 8.38. The maximum Gasteiger partial charge on any atom is 0.313 e. The third-order valence-corrected chi connectivity index (χ3v) is 3.42. The lowest BCUT2D eigenvalue weighted by molar-refractivity contribution is -0.141. The highest BCUT2D eigenvalue weighted by molar-refractivity contribution is 14.1. The molecule has 8 heteroatoms. The van der Waals surface area contributed by atoms with Crippen LogP contribution in [-0.2, 0) is 9.53 Å². The zero-order valence-electron chi connectivity index (χ0n) is 9.10. The molecular weight excluding hydrogens is 399 g/mol. The Hall–Kier alpha value is -0.470. The van der Waals surface area contributed by atoms with Crippen LogP contribution in [0.3, 0.4) is 0 Å². The summed E-state index contributed by atoms with van der Waals surface area (Å²) in [5.74, 6) is -2.20. The molecule has 1 aromatic heterocycles. The van der Waals surface area contributed by atoms with Crippen molar-refractivity contribution in [1.29, 1.82) is 0 Å². The van der Waals surface area contributed by atoms with Crippen molar-refractivity contribution in [2.45, 2.75) is 13.3 Å². The molecule has 1 heterocycles. The van der Waals surface area contributed by atoms with Gasteiger partial charge in [-0.15, -0.1) is 0 Å². The van der Waals surface area contributed by atoms with Crippen LogP contribution >= 0.6 is 45.8 Å². The number of hydrogen-bond acceptors (Lipinski definition) is 4. The van der Waals surface area contributed by atoms with Gasteiger partial charge < -0.3 is 4.74 Å². The summed E-state index contributed by atoms with van der Waals surface area (Å²) in [4.78, 5) is 26.5. The van der Waals surface area contributed by atoms with Gasteiger partial charge in [0.15, 0.2) is 16.8 Å². The summed E-state index contributed by atoms with van der Waals surface area (Å²) in [5.41, 5.74) is -0.160. The van der Waals surface area contributed by atoms with Gasteiger partial charge in [0.1, 0.15) is 11.6 Å². The number of Topliss-reactive ketones (excluding diaryl/α,β-unsaturated/α-hetero) is 1. The van der Waals surface area contributed by atoms with E-state index in [1.54, 1.807) is 29.5 Å². The Balaban J connectivity index is 3.07. The Morgan fingerprint density at radius 1 is 1.39 bits per heavy atom. The molecule has 0 aliphatic heterocycles. The van der Waals surface area contributed by atoms with Gasteiger partial charge in [-0.3, -0.25) is 9.59 Å². The predicted octanol–water partition coefficient (Wildman–Crippen LogP) is 3.27. The Kier molecular flexibility index (Phi) is 5.74. The SMILES string of the molecule is CCOC(=O)CC(=O)c1c(Cl)nc(Cl)c(F)c1I. The smallest absolute Gasteiger partial charge is 0.313 e. The lowest BCUT2D eigenvalue weighted by atomic mass is 10.1. The number of ketones is 1. The van der Waals surface area contributed by atoms with Crippen molar-refractivity contribution in [3.05, 3.63) is 25.3 Å². The molecule has 0 fully saturated rings. The zero-order chi connectivity index (χ0) is 13.9. The first kappa shape index (κ1) is 15.6. The molecule has 0 saturated heterocycles. The minimum atomic E-state index is -0.839. The van der Waals surface area contributed by atoms with Gasteiger partial charge in [0, 0.05) is 0 Å². The number of nitrogens with zero attached hydrogens (tertiary/aromatic N) is 1. The average molecular weight is 406 g/mol. The molecule has 0 amide bonds. The fourth-order valence-electron chi connectivity index (χ4n) is 1.15. The van der Waals surface area contributed by atoms with E-state index in [0.29, 0.717) is 0 Å². The zero-order valence-corrected chi connectivity index (χ0v) is 12.8. The third kappa shape index (κ3) is 3.52. The minimum absolute atomic E-state index is 0.0631. The molecule has 0 aromatic carbocycles. The summed E-state index contributed by atoms with van der Waals surface area (Å²) < 4.78 is 18.0. The van der Waals surface area contributed by atoms with Crippen LogP contribution in [0.2, 0.25) is 10.3 Å². The Morgan fingerprint density at radius 2 is 2.00 bits per heavy atom. The first-order valence-electron chi connectivity index (χ1n) is 4.77. The molecule has 18 heavy (non-hydrogen) atoms. The standard InChI is InChI=1S/C10H7Cl2FINO3/c1-2-18-5(17)3-4(16)6-8(14)7(13)10(12)15-9(6)11/h2-3H2,1H3. The highest BCUT2D eigenvalue weighted by atomic mass is 127. The number of halogens is 4. The predicted molar refractivity (Wildman–Crippen MR) is 72.5 cm³/mol. The van der Waals surface area contributed by atoms with Crippen LogP contribution in [0.5, 0.6) is 0 Å². The van der Waals surface area contributed by atoms with Crippen LogP contribution < -0.4 is 0 Å². The quantitative estimate of drug-likeness (QED) is 0.253. The second-order valence-corrected chi connectivity index (χ2v) is 4.90. The highest BCUT2D eigenvalue weighted by Gasteiger charge is 2.23. The van der Waals surface area contributed by atoms with E-state index in [-0.39, 0.29) is 20.9 Å². The van der Waals surface area contributed by atoms with Crippen molar-refractivity contribution in [2.24, 2.45) is 0 Å². The van der Waals surface area contributed by atoms with E-state index in [2.05, 4.69) is 9.72 Å². The lowest BCUT2D eigenvalue weighted by Crippen LogP contribution is -2.14. The van der Waals surface area contributed by atoms with Crippen molar-refractivity contribution < 1.29 is 18.7 Å². The van der Waals surface area contributed by atoms with E-state index in [4.69, 9.17) is 23.2 Å². The van der Waals surface area contributed by atoms with E-state index in [9.17, 15) is 14.0 Å². The van der Waals surface area contributed by atoms with E-state index in [1.807, 2.05) is 0 Å². The summed E-state index contributed by atoms with van der Waals surface area (Å²) in [7, 11) is 0. The molecule has 1 aromatic rings. The molecule has 98 valence electrons. The van der Waals surface area contributed by atoms with E-state index in [0.717, 1.165) is 0 Å². The van der Waals surface area contributed by atoms with Crippen LogP contribution in [0.4, 0.5) is 4.39 Å². The van der Waals surface area contributed by atoms with E-state index in [1.165, 1.54) is 0 Å². The second-order valence-electron chi connectivity index (χ2n) is 3.10. The topological polar surface area (TPSA) is 56.3 Å². The van der Waals surface area contributed by atoms with Gasteiger partial charge in [0.25, 0.3) is 0 Å². The van der Waals surface area contributed by atoms with E-state index < -0.39 is 29.1 Å². The Morgan fingerprint density at radius 3 is 2.56 bits per heavy atom. The van der Waals surface area contributed by atoms with Gasteiger partial charge in [-0.1, -0.05) is 23.2 Å². The highest BCUT2D eigenvalue weighted by Crippen LogP contribution is 2.28. The molecule has 0 atom stereocenters. The molecule has 0 radical (unpaired) electrons. The number of carbonyl (C=O) groups is 2. The second kappa shape index (κ2) is 6.63.